The Morgan fingerprint density at radius 2 is 2.00 bits per heavy atom. The van der Waals surface area contributed by atoms with Crippen molar-refractivity contribution in [3.63, 3.8) is 0 Å². The quantitative estimate of drug-likeness (QED) is 0.659. The first-order chi connectivity index (χ1) is 13.1. The number of hydrogen-bond acceptors (Lipinski definition) is 4. The zero-order valence-corrected chi connectivity index (χ0v) is 18.6. The van der Waals surface area contributed by atoms with Crippen molar-refractivity contribution >= 4 is 24.2 Å². The summed E-state index contributed by atoms with van der Waals surface area (Å²) in [6.45, 7) is 6.30. The Kier molecular flexibility index (Phi) is 6.98. The second-order valence-corrected chi connectivity index (χ2v) is 9.17. The van der Waals surface area contributed by atoms with Crippen LogP contribution >= 0.6 is 24.2 Å². The van der Waals surface area contributed by atoms with Crippen molar-refractivity contribution < 1.29 is 4.74 Å². The summed E-state index contributed by atoms with van der Waals surface area (Å²) in [6, 6.07) is 16.2. The summed E-state index contributed by atoms with van der Waals surface area (Å²) in [5.41, 5.74) is 3.91. The van der Waals surface area contributed by atoms with Gasteiger partial charge in [0.15, 0.2) is 0 Å². The Hall–Kier alpha value is -1.20. The van der Waals surface area contributed by atoms with E-state index in [4.69, 9.17) is 4.74 Å². The fourth-order valence-electron chi connectivity index (χ4n) is 4.36. The summed E-state index contributed by atoms with van der Waals surface area (Å²) >= 11 is 1.81. The standard InChI is InChI=1S/C23H30N2OS.ClH/c1-23(2)14-17-12-19(27-3)13-18(22(17)26-23)15-25-20-10-7-11-24-21(20)16-8-5-4-6-9-16;/h4-6,8-9,12-13,20-21,24-25H,7,10-11,14-15H2,1-3H3;1H/t20-,21-;/m0./s1. The average Bonchev–Trinajstić information content (AvgIpc) is 3.00. The fourth-order valence-corrected chi connectivity index (χ4v) is 4.89. The molecule has 2 aliphatic rings. The molecular weight excluding hydrogens is 388 g/mol. The smallest absolute Gasteiger partial charge is 0.128 e. The highest BCUT2D eigenvalue weighted by molar-refractivity contribution is 7.98. The molecule has 1 fully saturated rings. The van der Waals surface area contributed by atoms with Crippen LogP contribution in [0.3, 0.4) is 0 Å². The van der Waals surface area contributed by atoms with Crippen molar-refractivity contribution in [2.45, 2.75) is 62.2 Å². The Balaban J connectivity index is 0.00000225. The van der Waals surface area contributed by atoms with Gasteiger partial charge in [-0.2, -0.15) is 0 Å². The van der Waals surface area contributed by atoms with Crippen LogP contribution in [0, 0.1) is 0 Å². The van der Waals surface area contributed by atoms with Crippen molar-refractivity contribution in [3.8, 4) is 5.75 Å². The summed E-state index contributed by atoms with van der Waals surface area (Å²) in [6.07, 6.45) is 5.55. The van der Waals surface area contributed by atoms with Crippen molar-refractivity contribution in [1.29, 1.82) is 0 Å². The minimum absolute atomic E-state index is 0. The van der Waals surface area contributed by atoms with Crippen LogP contribution in [0.5, 0.6) is 5.75 Å². The van der Waals surface area contributed by atoms with Gasteiger partial charge in [0.1, 0.15) is 11.4 Å². The molecule has 2 heterocycles. The van der Waals surface area contributed by atoms with Crippen LogP contribution in [-0.2, 0) is 13.0 Å². The highest BCUT2D eigenvalue weighted by atomic mass is 35.5. The molecule has 0 aromatic heterocycles. The molecule has 0 spiro atoms. The monoisotopic (exact) mass is 418 g/mol. The molecule has 2 aromatic rings. The van der Waals surface area contributed by atoms with Gasteiger partial charge < -0.3 is 15.4 Å². The summed E-state index contributed by atoms with van der Waals surface area (Å²) in [5, 5.41) is 7.55. The molecule has 2 aromatic carbocycles. The molecule has 2 aliphatic heterocycles. The number of nitrogens with one attached hydrogen (secondary N) is 2. The van der Waals surface area contributed by atoms with Gasteiger partial charge in [0.25, 0.3) is 0 Å². The first kappa shape index (κ1) is 21.5. The Bertz CT molecular complexity index is 797. The molecule has 1 saturated heterocycles. The van der Waals surface area contributed by atoms with Crippen molar-refractivity contribution in [2.24, 2.45) is 0 Å². The van der Waals surface area contributed by atoms with Gasteiger partial charge >= 0.3 is 0 Å². The normalized spacial score (nSPS) is 22.8. The van der Waals surface area contributed by atoms with E-state index in [1.807, 2.05) is 11.8 Å². The summed E-state index contributed by atoms with van der Waals surface area (Å²) < 4.78 is 6.31. The number of halogens is 1. The fraction of sp³-hybridized carbons (Fsp3) is 0.478. The van der Waals surface area contributed by atoms with Gasteiger partial charge in [0.05, 0.1) is 0 Å². The maximum Gasteiger partial charge on any atom is 0.128 e. The van der Waals surface area contributed by atoms with E-state index in [0.29, 0.717) is 12.1 Å². The van der Waals surface area contributed by atoms with E-state index >= 15 is 0 Å². The minimum atomic E-state index is -0.104. The van der Waals surface area contributed by atoms with Crippen LogP contribution in [0.4, 0.5) is 0 Å². The van der Waals surface area contributed by atoms with Crippen LogP contribution in [-0.4, -0.2) is 24.4 Å². The number of piperidine rings is 1. The van der Waals surface area contributed by atoms with E-state index in [1.165, 1.54) is 34.4 Å². The van der Waals surface area contributed by atoms with Gasteiger partial charge in [-0.3, -0.25) is 0 Å². The molecule has 0 saturated carbocycles. The SMILES string of the molecule is CSc1cc(CN[C@H]2CCCN[C@H]2c2ccccc2)c2c(c1)CC(C)(C)O2.Cl. The number of hydrogen-bond donors (Lipinski definition) is 2. The topological polar surface area (TPSA) is 33.3 Å². The first-order valence-electron chi connectivity index (χ1n) is 9.96. The van der Waals surface area contributed by atoms with Crippen LogP contribution in [0.2, 0.25) is 0 Å². The van der Waals surface area contributed by atoms with Gasteiger partial charge in [-0.1, -0.05) is 30.3 Å². The summed E-state index contributed by atoms with van der Waals surface area (Å²) in [5.74, 6) is 1.10. The lowest BCUT2D eigenvalue weighted by Crippen LogP contribution is -2.45. The summed E-state index contributed by atoms with van der Waals surface area (Å²) in [7, 11) is 0. The minimum Gasteiger partial charge on any atom is -0.487 e. The van der Waals surface area contributed by atoms with Crippen LogP contribution in [0.1, 0.15) is 49.4 Å². The molecule has 5 heteroatoms. The highest BCUT2D eigenvalue weighted by Crippen LogP contribution is 2.40. The number of benzene rings is 2. The number of rotatable bonds is 5. The molecule has 28 heavy (non-hydrogen) atoms. The molecule has 2 N–H and O–H groups in total. The van der Waals surface area contributed by atoms with Gasteiger partial charge in [0, 0.05) is 35.5 Å². The molecule has 0 unspecified atom stereocenters. The largest absolute Gasteiger partial charge is 0.487 e. The Morgan fingerprint density at radius 1 is 1.21 bits per heavy atom. The van der Waals surface area contributed by atoms with Crippen LogP contribution in [0.25, 0.3) is 0 Å². The zero-order valence-electron chi connectivity index (χ0n) is 17.0. The Labute approximate surface area is 179 Å². The van der Waals surface area contributed by atoms with Crippen LogP contribution in [0.15, 0.2) is 47.4 Å². The summed E-state index contributed by atoms with van der Waals surface area (Å²) in [4.78, 5) is 1.33. The number of ether oxygens (including phenoxy) is 1. The van der Waals surface area contributed by atoms with Crippen molar-refractivity contribution in [1.82, 2.24) is 10.6 Å². The van der Waals surface area contributed by atoms with E-state index < -0.39 is 0 Å². The van der Waals surface area contributed by atoms with Crippen molar-refractivity contribution in [3.05, 3.63) is 59.2 Å². The van der Waals surface area contributed by atoms with Gasteiger partial charge in [-0.05, 0) is 62.7 Å². The third-order valence-corrected chi connectivity index (χ3v) is 6.33. The lowest BCUT2D eigenvalue weighted by molar-refractivity contribution is 0.137. The van der Waals surface area contributed by atoms with E-state index in [2.05, 4.69) is 73.2 Å². The second-order valence-electron chi connectivity index (χ2n) is 8.29. The highest BCUT2D eigenvalue weighted by Gasteiger charge is 2.33. The van der Waals surface area contributed by atoms with Gasteiger partial charge in [-0.15, -0.1) is 24.2 Å². The maximum absolute atomic E-state index is 6.31. The van der Waals surface area contributed by atoms with E-state index in [9.17, 15) is 0 Å². The lowest BCUT2D eigenvalue weighted by Gasteiger charge is -2.34. The molecule has 0 amide bonds. The predicted molar refractivity (Wildman–Crippen MR) is 121 cm³/mol. The Morgan fingerprint density at radius 3 is 2.75 bits per heavy atom. The van der Waals surface area contributed by atoms with E-state index in [0.717, 1.165) is 25.3 Å². The second kappa shape index (κ2) is 9.08. The molecule has 4 rings (SSSR count). The van der Waals surface area contributed by atoms with E-state index in [1.54, 1.807) is 0 Å². The molecule has 152 valence electrons. The zero-order chi connectivity index (χ0) is 18.9. The molecule has 0 aliphatic carbocycles. The number of fused-ring (bicyclic) bond motifs is 1. The maximum atomic E-state index is 6.31. The average molecular weight is 419 g/mol. The third kappa shape index (κ3) is 4.68. The van der Waals surface area contributed by atoms with E-state index in [-0.39, 0.29) is 18.0 Å². The molecule has 0 bridgehead atoms. The first-order valence-corrected chi connectivity index (χ1v) is 11.2. The predicted octanol–water partition coefficient (Wildman–Crippen LogP) is 5.13. The number of thioether (sulfide) groups is 1. The lowest BCUT2D eigenvalue weighted by atomic mass is 9.92. The molecule has 0 radical (unpaired) electrons. The van der Waals surface area contributed by atoms with Crippen LogP contribution < -0.4 is 15.4 Å². The molecule has 3 nitrogen and oxygen atoms in total. The van der Waals surface area contributed by atoms with Gasteiger partial charge in [-0.25, -0.2) is 0 Å². The van der Waals surface area contributed by atoms with Gasteiger partial charge in [0.2, 0.25) is 0 Å². The van der Waals surface area contributed by atoms with Crippen molar-refractivity contribution in [2.75, 3.05) is 12.8 Å². The third-order valence-electron chi connectivity index (χ3n) is 5.62. The molecular formula is C23H31ClN2OS. The molecule has 2 atom stereocenters.